The highest BCUT2D eigenvalue weighted by molar-refractivity contribution is 5.84. The number of benzene rings is 7. The topological polar surface area (TPSA) is 51.6 Å². The Hall–Kier alpha value is -7.04. The molecule has 0 unspecified atom stereocenters. The van der Waals surface area contributed by atoms with E-state index in [1.165, 1.54) is 5.56 Å². The number of rotatable bonds is 7. The van der Waals surface area contributed by atoms with Gasteiger partial charge in [-0.25, -0.2) is 19.9 Å². The molecular weight excluding hydrogens is 645 g/mol. The lowest BCUT2D eigenvalue weighted by atomic mass is 9.97. The summed E-state index contributed by atoms with van der Waals surface area (Å²) < 4.78 is 0. The van der Waals surface area contributed by atoms with Gasteiger partial charge in [-0.3, -0.25) is 0 Å². The molecular formula is C49H34N4. The largest absolute Gasteiger partial charge is 0.248 e. The third-order valence-electron chi connectivity index (χ3n) is 9.61. The molecule has 9 rings (SSSR count). The number of nitrogens with zero attached hydrogens (tertiary/aromatic N) is 4. The van der Waals surface area contributed by atoms with E-state index in [4.69, 9.17) is 19.9 Å². The summed E-state index contributed by atoms with van der Waals surface area (Å²) in [4.78, 5) is 20.5. The minimum atomic E-state index is 0.597. The molecule has 0 fully saturated rings. The van der Waals surface area contributed by atoms with Crippen LogP contribution >= 0.6 is 0 Å². The van der Waals surface area contributed by atoms with Gasteiger partial charge in [0.15, 0.2) is 17.5 Å². The maximum absolute atomic E-state index is 5.16. The van der Waals surface area contributed by atoms with Crippen LogP contribution < -0.4 is 0 Å². The van der Waals surface area contributed by atoms with E-state index < -0.39 is 0 Å². The van der Waals surface area contributed by atoms with Crippen LogP contribution in [-0.2, 0) is 0 Å². The number of pyridine rings is 1. The molecule has 0 aliphatic carbocycles. The van der Waals surface area contributed by atoms with E-state index in [0.29, 0.717) is 17.5 Å². The van der Waals surface area contributed by atoms with Crippen molar-refractivity contribution >= 4 is 10.9 Å². The molecule has 0 radical (unpaired) electrons. The summed E-state index contributed by atoms with van der Waals surface area (Å²) in [5.41, 5.74) is 13.6. The molecule has 4 nitrogen and oxygen atoms in total. The van der Waals surface area contributed by atoms with E-state index >= 15 is 0 Å². The van der Waals surface area contributed by atoms with Crippen molar-refractivity contribution in [3.05, 3.63) is 194 Å². The Balaban J connectivity index is 1.21. The van der Waals surface area contributed by atoms with Gasteiger partial charge in [-0.05, 0) is 70.6 Å². The van der Waals surface area contributed by atoms with Gasteiger partial charge in [0.25, 0.3) is 0 Å². The lowest BCUT2D eigenvalue weighted by molar-refractivity contribution is 1.07. The first-order valence-electron chi connectivity index (χ1n) is 17.8. The van der Waals surface area contributed by atoms with E-state index in [9.17, 15) is 0 Å². The van der Waals surface area contributed by atoms with Crippen molar-refractivity contribution < 1.29 is 0 Å². The predicted octanol–water partition coefficient (Wildman–Crippen LogP) is 12.4. The Bertz CT molecular complexity index is 2590. The second-order valence-electron chi connectivity index (χ2n) is 13.2. The molecule has 0 amide bonds. The van der Waals surface area contributed by atoms with Gasteiger partial charge in [-0.1, -0.05) is 163 Å². The molecule has 4 heteroatoms. The zero-order valence-corrected chi connectivity index (χ0v) is 29.2. The van der Waals surface area contributed by atoms with Crippen LogP contribution in [0, 0.1) is 6.92 Å². The number of hydrogen-bond acceptors (Lipinski definition) is 4. The third kappa shape index (κ3) is 6.74. The Morgan fingerprint density at radius 2 is 0.698 bits per heavy atom. The first-order valence-corrected chi connectivity index (χ1v) is 17.8. The summed E-state index contributed by atoms with van der Waals surface area (Å²) in [6.45, 7) is 2.11. The monoisotopic (exact) mass is 678 g/mol. The molecule has 0 spiro atoms. The van der Waals surface area contributed by atoms with Crippen LogP contribution in [0.3, 0.4) is 0 Å². The zero-order chi connectivity index (χ0) is 35.6. The van der Waals surface area contributed by atoms with Crippen molar-refractivity contribution in [1.29, 1.82) is 0 Å². The quantitative estimate of drug-likeness (QED) is 0.168. The van der Waals surface area contributed by atoms with Crippen LogP contribution in [0.4, 0.5) is 0 Å². The summed E-state index contributed by atoms with van der Waals surface area (Å²) in [6, 6.07) is 65.3. The molecule has 0 saturated carbocycles. The average Bonchev–Trinajstić information content (AvgIpc) is 3.24. The van der Waals surface area contributed by atoms with Crippen molar-refractivity contribution in [2.45, 2.75) is 6.92 Å². The van der Waals surface area contributed by atoms with Crippen LogP contribution in [0.25, 0.3) is 89.7 Å². The van der Waals surface area contributed by atoms with E-state index in [-0.39, 0.29) is 0 Å². The molecule has 2 heterocycles. The maximum Gasteiger partial charge on any atom is 0.164 e. The molecule has 2 aromatic heterocycles. The van der Waals surface area contributed by atoms with Gasteiger partial charge < -0.3 is 0 Å². The number of hydrogen-bond donors (Lipinski definition) is 0. The Labute approximate surface area is 309 Å². The lowest BCUT2D eigenvalue weighted by Gasteiger charge is -2.13. The predicted molar refractivity (Wildman–Crippen MR) is 218 cm³/mol. The van der Waals surface area contributed by atoms with Crippen LogP contribution in [0.2, 0.25) is 0 Å². The first-order chi connectivity index (χ1) is 26.1. The molecule has 7 aromatic carbocycles. The first kappa shape index (κ1) is 31.9. The maximum atomic E-state index is 5.16. The van der Waals surface area contributed by atoms with E-state index in [2.05, 4.69) is 171 Å². The molecule has 53 heavy (non-hydrogen) atoms. The van der Waals surface area contributed by atoms with Crippen molar-refractivity contribution in [1.82, 2.24) is 19.9 Å². The smallest absolute Gasteiger partial charge is 0.164 e. The standard InChI is InChI=1S/C49H34N4/c1-33-16-18-38(19-17-33)42-30-43(46-29-28-39-14-8-9-15-45(39)50-46)32-44(31-42)49-52-47(40-24-20-36(21-25-40)34-10-4-2-5-11-34)51-48(53-49)41-26-22-37(23-27-41)35-12-6-3-7-13-35/h2-32H,1H3. The normalized spacial score (nSPS) is 11.1. The summed E-state index contributed by atoms with van der Waals surface area (Å²) in [7, 11) is 0. The fourth-order valence-electron chi connectivity index (χ4n) is 6.69. The molecule has 0 aliphatic heterocycles. The van der Waals surface area contributed by atoms with Crippen molar-refractivity contribution in [2.24, 2.45) is 0 Å². The molecule has 0 N–H and O–H groups in total. The zero-order valence-electron chi connectivity index (χ0n) is 29.2. The Kier molecular flexibility index (Phi) is 8.39. The molecule has 0 atom stereocenters. The van der Waals surface area contributed by atoms with E-state index in [1.807, 2.05) is 24.3 Å². The Morgan fingerprint density at radius 1 is 0.283 bits per heavy atom. The third-order valence-corrected chi connectivity index (χ3v) is 9.61. The van der Waals surface area contributed by atoms with Gasteiger partial charge >= 0.3 is 0 Å². The minimum Gasteiger partial charge on any atom is -0.248 e. The van der Waals surface area contributed by atoms with E-state index in [1.54, 1.807) is 0 Å². The number of fused-ring (bicyclic) bond motifs is 1. The number of aryl methyl sites for hydroxylation is 1. The average molecular weight is 679 g/mol. The van der Waals surface area contributed by atoms with Crippen LogP contribution in [-0.4, -0.2) is 19.9 Å². The van der Waals surface area contributed by atoms with Crippen LogP contribution in [0.15, 0.2) is 188 Å². The van der Waals surface area contributed by atoms with E-state index in [0.717, 1.165) is 72.2 Å². The van der Waals surface area contributed by atoms with Crippen molar-refractivity contribution in [3.8, 4) is 78.8 Å². The fraction of sp³-hybridized carbons (Fsp3) is 0.0204. The second-order valence-corrected chi connectivity index (χ2v) is 13.2. The summed E-state index contributed by atoms with van der Waals surface area (Å²) >= 11 is 0. The SMILES string of the molecule is Cc1ccc(-c2cc(-c3ccc4ccccc4n3)cc(-c3nc(-c4ccc(-c5ccccc5)cc4)nc(-c4ccc(-c5ccccc5)cc4)n3)c2)cc1. The van der Waals surface area contributed by atoms with Gasteiger partial charge in [-0.15, -0.1) is 0 Å². The Morgan fingerprint density at radius 3 is 1.28 bits per heavy atom. The molecule has 250 valence electrons. The van der Waals surface area contributed by atoms with Gasteiger partial charge in [0.2, 0.25) is 0 Å². The van der Waals surface area contributed by atoms with Gasteiger partial charge in [0.05, 0.1) is 11.2 Å². The highest BCUT2D eigenvalue weighted by atomic mass is 15.0. The molecule has 0 bridgehead atoms. The molecule has 9 aromatic rings. The molecule has 0 saturated heterocycles. The highest BCUT2D eigenvalue weighted by Crippen LogP contribution is 2.34. The highest BCUT2D eigenvalue weighted by Gasteiger charge is 2.16. The number of para-hydroxylation sites is 1. The molecule has 0 aliphatic rings. The summed E-state index contributed by atoms with van der Waals surface area (Å²) in [5, 5.41) is 1.11. The van der Waals surface area contributed by atoms with Crippen molar-refractivity contribution in [3.63, 3.8) is 0 Å². The van der Waals surface area contributed by atoms with Crippen molar-refractivity contribution in [2.75, 3.05) is 0 Å². The summed E-state index contributed by atoms with van der Waals surface area (Å²) in [6.07, 6.45) is 0. The van der Waals surface area contributed by atoms with Gasteiger partial charge in [-0.2, -0.15) is 0 Å². The fourth-order valence-corrected chi connectivity index (χ4v) is 6.69. The second kappa shape index (κ2) is 13.9. The minimum absolute atomic E-state index is 0.597. The number of aromatic nitrogens is 4. The summed E-state index contributed by atoms with van der Waals surface area (Å²) in [5.74, 6) is 1.83. The van der Waals surface area contributed by atoms with Gasteiger partial charge in [0.1, 0.15) is 0 Å². The van der Waals surface area contributed by atoms with Crippen LogP contribution in [0.1, 0.15) is 5.56 Å². The van der Waals surface area contributed by atoms with Crippen LogP contribution in [0.5, 0.6) is 0 Å². The lowest BCUT2D eigenvalue weighted by Crippen LogP contribution is -2.01. The van der Waals surface area contributed by atoms with Gasteiger partial charge in [0, 0.05) is 27.6 Å².